The van der Waals surface area contributed by atoms with Crippen molar-refractivity contribution in [2.24, 2.45) is 5.92 Å². The van der Waals surface area contributed by atoms with Crippen LogP contribution in [0.15, 0.2) is 28.7 Å². The third-order valence-corrected chi connectivity index (χ3v) is 4.53. The van der Waals surface area contributed by atoms with Crippen LogP contribution in [0.25, 0.3) is 0 Å². The van der Waals surface area contributed by atoms with Crippen LogP contribution >= 0.6 is 15.9 Å². The minimum atomic E-state index is -0.0112. The molecule has 0 heterocycles. The van der Waals surface area contributed by atoms with Gasteiger partial charge in [0, 0.05) is 4.47 Å². The Morgan fingerprint density at radius 2 is 1.89 bits per heavy atom. The normalized spacial score (nSPS) is 24.1. The second kappa shape index (κ2) is 7.30. The molecule has 1 aromatic rings. The lowest BCUT2D eigenvalue weighted by atomic mass is 9.84. The van der Waals surface area contributed by atoms with E-state index < -0.39 is 0 Å². The molecule has 1 aliphatic rings. The van der Waals surface area contributed by atoms with Crippen molar-refractivity contribution < 1.29 is 5.11 Å². The van der Waals surface area contributed by atoms with Crippen molar-refractivity contribution in [2.45, 2.75) is 57.5 Å². The van der Waals surface area contributed by atoms with Crippen molar-refractivity contribution in [3.05, 3.63) is 34.3 Å². The second-order valence-corrected chi connectivity index (χ2v) is 6.47. The van der Waals surface area contributed by atoms with Gasteiger partial charge in [-0.1, -0.05) is 40.9 Å². The van der Waals surface area contributed by atoms with Gasteiger partial charge < -0.3 is 5.11 Å². The van der Waals surface area contributed by atoms with Crippen LogP contribution in [-0.2, 0) is 6.42 Å². The van der Waals surface area contributed by atoms with Gasteiger partial charge in [-0.15, -0.1) is 0 Å². The van der Waals surface area contributed by atoms with Gasteiger partial charge in [0.2, 0.25) is 0 Å². The number of aliphatic hydroxyl groups is 1. The van der Waals surface area contributed by atoms with Gasteiger partial charge in [-0.3, -0.25) is 0 Å². The monoisotopic (exact) mass is 310 g/mol. The molecule has 0 aliphatic heterocycles. The van der Waals surface area contributed by atoms with Gasteiger partial charge in [0.15, 0.2) is 0 Å². The predicted octanol–water partition coefficient (Wildman–Crippen LogP) is 4.71. The number of hydrogen-bond acceptors (Lipinski definition) is 1. The number of halogens is 1. The molecule has 0 saturated heterocycles. The Labute approximate surface area is 119 Å². The van der Waals surface area contributed by atoms with Gasteiger partial charge in [0.25, 0.3) is 0 Å². The molecule has 1 N–H and O–H groups in total. The Bertz CT molecular complexity index is 356. The van der Waals surface area contributed by atoms with Crippen LogP contribution in [0.5, 0.6) is 0 Å². The Morgan fingerprint density at radius 1 is 1.11 bits per heavy atom. The number of rotatable bonds is 5. The average Bonchev–Trinajstić information content (AvgIpc) is 2.37. The summed E-state index contributed by atoms with van der Waals surface area (Å²) in [4.78, 5) is 0. The van der Waals surface area contributed by atoms with Gasteiger partial charge in [0.05, 0.1) is 6.10 Å². The van der Waals surface area contributed by atoms with E-state index in [0.29, 0.717) is 0 Å². The molecule has 1 fully saturated rings. The maximum absolute atomic E-state index is 9.47. The second-order valence-electron chi connectivity index (χ2n) is 5.55. The first-order valence-corrected chi connectivity index (χ1v) is 7.96. The fourth-order valence-corrected chi connectivity index (χ4v) is 3.33. The molecule has 2 heteroatoms. The lowest BCUT2D eigenvalue weighted by Gasteiger charge is -2.25. The van der Waals surface area contributed by atoms with E-state index in [2.05, 4.69) is 40.2 Å². The summed E-state index contributed by atoms with van der Waals surface area (Å²) < 4.78 is 1.18. The number of unbranched alkanes of at least 4 members (excludes halogenated alkanes) is 1. The molecule has 18 heavy (non-hydrogen) atoms. The summed E-state index contributed by atoms with van der Waals surface area (Å²) in [5.41, 5.74) is 1.43. The van der Waals surface area contributed by atoms with E-state index in [9.17, 15) is 5.11 Å². The summed E-state index contributed by atoms with van der Waals surface area (Å²) in [6, 6.07) is 8.62. The van der Waals surface area contributed by atoms with Crippen LogP contribution in [0.4, 0.5) is 0 Å². The van der Waals surface area contributed by atoms with E-state index in [1.807, 2.05) is 0 Å². The molecule has 0 aromatic heterocycles. The summed E-state index contributed by atoms with van der Waals surface area (Å²) in [7, 11) is 0. The van der Waals surface area contributed by atoms with Crippen LogP contribution in [-0.4, -0.2) is 11.2 Å². The van der Waals surface area contributed by atoms with Gasteiger partial charge in [-0.05, 0) is 62.1 Å². The van der Waals surface area contributed by atoms with Crippen molar-refractivity contribution in [1.82, 2.24) is 0 Å². The van der Waals surface area contributed by atoms with E-state index in [4.69, 9.17) is 0 Å². The van der Waals surface area contributed by atoms with Gasteiger partial charge >= 0.3 is 0 Å². The molecule has 0 radical (unpaired) electrons. The van der Waals surface area contributed by atoms with Crippen LogP contribution < -0.4 is 0 Å². The molecule has 1 aromatic carbocycles. The third-order valence-electron chi connectivity index (χ3n) is 4.03. The number of hydrogen-bond donors (Lipinski definition) is 1. The van der Waals surface area contributed by atoms with Gasteiger partial charge in [0.1, 0.15) is 0 Å². The summed E-state index contributed by atoms with van der Waals surface area (Å²) in [5.74, 6) is 0.871. The largest absolute Gasteiger partial charge is 0.393 e. The Balaban J connectivity index is 1.61. The van der Waals surface area contributed by atoms with E-state index in [-0.39, 0.29) is 6.10 Å². The Kier molecular flexibility index (Phi) is 5.71. The van der Waals surface area contributed by atoms with Crippen molar-refractivity contribution in [3.63, 3.8) is 0 Å². The smallest absolute Gasteiger partial charge is 0.0540 e. The first kappa shape index (κ1) is 14.1. The molecular formula is C16H23BrO. The minimum Gasteiger partial charge on any atom is -0.393 e. The van der Waals surface area contributed by atoms with Gasteiger partial charge in [-0.25, -0.2) is 0 Å². The first-order valence-electron chi connectivity index (χ1n) is 7.16. The quantitative estimate of drug-likeness (QED) is 0.781. The van der Waals surface area contributed by atoms with Gasteiger partial charge in [-0.2, -0.15) is 0 Å². The number of aliphatic hydroxyl groups excluding tert-OH is 1. The van der Waals surface area contributed by atoms with E-state index in [0.717, 1.165) is 18.8 Å². The molecule has 1 saturated carbocycles. The average molecular weight is 311 g/mol. The highest BCUT2D eigenvalue weighted by atomic mass is 79.9. The molecule has 0 spiro atoms. The predicted molar refractivity (Wildman–Crippen MR) is 79.7 cm³/mol. The van der Waals surface area contributed by atoms with Crippen LogP contribution in [0.2, 0.25) is 0 Å². The highest BCUT2D eigenvalue weighted by Crippen LogP contribution is 2.28. The van der Waals surface area contributed by atoms with E-state index in [1.165, 1.54) is 48.6 Å². The molecule has 0 atom stereocenters. The lowest BCUT2D eigenvalue weighted by molar-refractivity contribution is 0.106. The zero-order chi connectivity index (χ0) is 12.8. The van der Waals surface area contributed by atoms with Crippen molar-refractivity contribution in [3.8, 4) is 0 Å². The van der Waals surface area contributed by atoms with E-state index >= 15 is 0 Å². The summed E-state index contributed by atoms with van der Waals surface area (Å²) in [6.45, 7) is 0. The standard InChI is InChI=1S/C16H23BrO/c17-15-7-3-6-14(12-15)5-2-1-4-13-8-10-16(18)11-9-13/h3,6-7,12-13,16,18H,1-2,4-5,8-11H2. The van der Waals surface area contributed by atoms with E-state index in [1.54, 1.807) is 0 Å². The highest BCUT2D eigenvalue weighted by molar-refractivity contribution is 9.10. The SMILES string of the molecule is OC1CCC(CCCCc2cccc(Br)c2)CC1. The third kappa shape index (κ3) is 4.74. The van der Waals surface area contributed by atoms with Crippen LogP contribution in [0.3, 0.4) is 0 Å². The Hall–Kier alpha value is -0.340. The minimum absolute atomic E-state index is 0.0112. The van der Waals surface area contributed by atoms with Crippen molar-refractivity contribution in [2.75, 3.05) is 0 Å². The zero-order valence-corrected chi connectivity index (χ0v) is 12.5. The number of benzene rings is 1. The molecule has 1 nitrogen and oxygen atoms in total. The molecule has 0 bridgehead atoms. The lowest BCUT2D eigenvalue weighted by Crippen LogP contribution is -2.18. The van der Waals surface area contributed by atoms with Crippen LogP contribution in [0.1, 0.15) is 50.5 Å². The van der Waals surface area contributed by atoms with Crippen molar-refractivity contribution in [1.29, 1.82) is 0 Å². The molecule has 0 amide bonds. The first-order chi connectivity index (χ1) is 8.74. The number of aryl methyl sites for hydroxylation is 1. The summed E-state index contributed by atoms with van der Waals surface area (Å²) in [6.07, 6.45) is 9.66. The highest BCUT2D eigenvalue weighted by Gasteiger charge is 2.18. The topological polar surface area (TPSA) is 20.2 Å². The molecular weight excluding hydrogens is 288 g/mol. The molecule has 2 rings (SSSR count). The maximum Gasteiger partial charge on any atom is 0.0540 e. The van der Waals surface area contributed by atoms with Crippen molar-refractivity contribution >= 4 is 15.9 Å². The fraction of sp³-hybridized carbons (Fsp3) is 0.625. The molecule has 1 aliphatic carbocycles. The Morgan fingerprint density at radius 3 is 2.61 bits per heavy atom. The summed E-state index contributed by atoms with van der Waals surface area (Å²) in [5, 5.41) is 9.47. The fourth-order valence-electron chi connectivity index (χ4n) is 2.89. The molecule has 0 unspecified atom stereocenters. The molecule has 100 valence electrons. The van der Waals surface area contributed by atoms with Crippen LogP contribution in [0, 0.1) is 5.92 Å². The maximum atomic E-state index is 9.47. The zero-order valence-electron chi connectivity index (χ0n) is 10.9. The summed E-state index contributed by atoms with van der Waals surface area (Å²) >= 11 is 3.52.